The van der Waals surface area contributed by atoms with Crippen LogP contribution in [-0.4, -0.2) is 47.8 Å². The summed E-state index contributed by atoms with van der Waals surface area (Å²) in [6.07, 6.45) is 3.27. The van der Waals surface area contributed by atoms with Gasteiger partial charge in [0.2, 0.25) is 10.0 Å². The minimum atomic E-state index is -3.56. The van der Waals surface area contributed by atoms with Crippen LogP contribution in [-0.2, 0) is 17.1 Å². The molecule has 0 unspecified atom stereocenters. The second-order valence-corrected chi connectivity index (χ2v) is 9.74. The van der Waals surface area contributed by atoms with Gasteiger partial charge in [0, 0.05) is 32.9 Å². The van der Waals surface area contributed by atoms with Crippen molar-refractivity contribution < 1.29 is 13.2 Å². The van der Waals surface area contributed by atoms with Gasteiger partial charge in [0.05, 0.1) is 10.2 Å². The van der Waals surface area contributed by atoms with Crippen molar-refractivity contribution in [2.75, 3.05) is 24.5 Å². The van der Waals surface area contributed by atoms with Gasteiger partial charge in [-0.05, 0) is 38.0 Å². The molecule has 148 valence electrons. The molecule has 3 heterocycles. The van der Waals surface area contributed by atoms with Gasteiger partial charge in [0.1, 0.15) is 10.6 Å². The number of aromatic nitrogens is 2. The first-order valence-electron chi connectivity index (χ1n) is 9.26. The van der Waals surface area contributed by atoms with Crippen LogP contribution in [0.15, 0.2) is 41.4 Å². The number of fused-ring (bicyclic) bond motifs is 1. The van der Waals surface area contributed by atoms with E-state index in [2.05, 4.69) is 4.98 Å². The molecule has 0 spiro atoms. The zero-order valence-electron chi connectivity index (χ0n) is 15.8. The Kier molecular flexibility index (Phi) is 4.98. The van der Waals surface area contributed by atoms with Gasteiger partial charge in [-0.25, -0.2) is 13.4 Å². The third-order valence-corrected chi connectivity index (χ3v) is 7.90. The number of benzene rings is 1. The molecule has 1 amide bonds. The van der Waals surface area contributed by atoms with Crippen LogP contribution in [0.2, 0.25) is 0 Å². The Hall–Kier alpha value is -2.23. The predicted molar refractivity (Wildman–Crippen MR) is 110 cm³/mol. The number of hydrogen-bond donors (Lipinski definition) is 0. The summed E-state index contributed by atoms with van der Waals surface area (Å²) in [7, 11) is -1.87. The highest BCUT2D eigenvalue weighted by atomic mass is 32.2. The van der Waals surface area contributed by atoms with Crippen LogP contribution >= 0.6 is 11.3 Å². The fraction of sp³-hybridized carbons (Fsp3) is 0.368. The lowest BCUT2D eigenvalue weighted by molar-refractivity contribution is 0.0980. The molecule has 1 saturated heterocycles. The third kappa shape index (κ3) is 3.23. The third-order valence-electron chi connectivity index (χ3n) is 4.98. The molecule has 7 nitrogen and oxygen atoms in total. The van der Waals surface area contributed by atoms with Crippen molar-refractivity contribution in [2.24, 2.45) is 7.05 Å². The fourth-order valence-electron chi connectivity index (χ4n) is 3.44. The number of nitrogens with zero attached hydrogens (tertiary/aromatic N) is 4. The first kappa shape index (κ1) is 19.1. The molecule has 0 N–H and O–H groups in total. The zero-order chi connectivity index (χ0) is 19.9. The van der Waals surface area contributed by atoms with Gasteiger partial charge in [0.15, 0.2) is 5.13 Å². The molecule has 0 bridgehead atoms. The number of para-hydroxylation sites is 1. The van der Waals surface area contributed by atoms with Gasteiger partial charge in [0.25, 0.3) is 5.91 Å². The van der Waals surface area contributed by atoms with E-state index >= 15 is 0 Å². The number of anilines is 1. The van der Waals surface area contributed by atoms with Gasteiger partial charge < -0.3 is 4.57 Å². The standard InChI is InChI=1S/C19H22N4O3S2/c1-3-23(19-20-15-8-4-5-9-17(15)27-19)18(24)16-12-14(13-21(16)2)28(25,26)22-10-6-7-11-22/h4-5,8-9,12-13H,3,6-7,10-11H2,1-2H3. The molecule has 2 aromatic heterocycles. The van der Waals surface area contributed by atoms with Crippen molar-refractivity contribution in [3.63, 3.8) is 0 Å². The lowest BCUT2D eigenvalue weighted by Gasteiger charge is -2.17. The summed E-state index contributed by atoms with van der Waals surface area (Å²) in [4.78, 5) is 19.5. The number of carbonyl (C=O) groups is 1. The molecule has 1 aromatic carbocycles. The number of thiazole rings is 1. The van der Waals surface area contributed by atoms with Gasteiger partial charge >= 0.3 is 0 Å². The molecule has 1 aliphatic heterocycles. The van der Waals surface area contributed by atoms with E-state index in [-0.39, 0.29) is 10.8 Å². The monoisotopic (exact) mass is 418 g/mol. The van der Waals surface area contributed by atoms with Crippen molar-refractivity contribution in [3.05, 3.63) is 42.2 Å². The summed E-state index contributed by atoms with van der Waals surface area (Å²) >= 11 is 1.45. The average molecular weight is 419 g/mol. The van der Waals surface area contributed by atoms with Gasteiger partial charge in [-0.2, -0.15) is 4.31 Å². The molecular weight excluding hydrogens is 396 g/mol. The Labute approximate surface area is 168 Å². The molecule has 28 heavy (non-hydrogen) atoms. The smallest absolute Gasteiger partial charge is 0.276 e. The Morgan fingerprint density at radius 3 is 2.64 bits per heavy atom. The molecule has 4 rings (SSSR count). The van der Waals surface area contributed by atoms with E-state index < -0.39 is 10.0 Å². The number of carbonyl (C=O) groups excluding carboxylic acids is 1. The first-order chi connectivity index (χ1) is 13.4. The van der Waals surface area contributed by atoms with Crippen LogP contribution in [0.1, 0.15) is 30.3 Å². The van der Waals surface area contributed by atoms with Crippen LogP contribution in [0.5, 0.6) is 0 Å². The first-order valence-corrected chi connectivity index (χ1v) is 11.5. The number of rotatable bonds is 5. The Morgan fingerprint density at radius 1 is 1.25 bits per heavy atom. The highest BCUT2D eigenvalue weighted by molar-refractivity contribution is 7.89. The van der Waals surface area contributed by atoms with E-state index in [1.165, 1.54) is 27.9 Å². The molecule has 3 aromatic rings. The summed E-state index contributed by atoms with van der Waals surface area (Å²) in [5.74, 6) is -0.257. The van der Waals surface area contributed by atoms with Gasteiger partial charge in [-0.15, -0.1) is 0 Å². The van der Waals surface area contributed by atoms with Crippen molar-refractivity contribution in [1.29, 1.82) is 0 Å². The normalized spacial score (nSPS) is 15.4. The van der Waals surface area contributed by atoms with Gasteiger partial charge in [-0.3, -0.25) is 9.69 Å². The topological polar surface area (TPSA) is 75.5 Å². The van der Waals surface area contributed by atoms with Crippen LogP contribution in [0, 0.1) is 0 Å². The second kappa shape index (κ2) is 7.31. The summed E-state index contributed by atoms with van der Waals surface area (Å²) in [6, 6.07) is 9.21. The minimum absolute atomic E-state index is 0.167. The van der Waals surface area contributed by atoms with Crippen LogP contribution in [0.25, 0.3) is 10.2 Å². The van der Waals surface area contributed by atoms with Crippen LogP contribution in [0.3, 0.4) is 0 Å². The summed E-state index contributed by atoms with van der Waals surface area (Å²) in [5, 5.41) is 0.610. The average Bonchev–Trinajstić information content (AvgIpc) is 3.41. The zero-order valence-corrected chi connectivity index (χ0v) is 17.5. The van der Waals surface area contributed by atoms with Crippen LogP contribution in [0.4, 0.5) is 5.13 Å². The highest BCUT2D eigenvalue weighted by Crippen LogP contribution is 2.30. The van der Waals surface area contributed by atoms with E-state index in [1.54, 1.807) is 16.5 Å². The second-order valence-electron chi connectivity index (χ2n) is 6.80. The Balaban J connectivity index is 1.67. The largest absolute Gasteiger partial charge is 0.345 e. The Bertz CT molecular complexity index is 1090. The van der Waals surface area contributed by atoms with Gasteiger partial charge in [-0.1, -0.05) is 23.5 Å². The lowest BCUT2D eigenvalue weighted by atomic mass is 10.3. The minimum Gasteiger partial charge on any atom is -0.345 e. The molecule has 0 atom stereocenters. The molecule has 1 aliphatic rings. The molecular formula is C19H22N4O3S2. The fourth-order valence-corrected chi connectivity index (χ4v) is 6.06. The molecule has 0 aliphatic carbocycles. The number of amides is 1. The van der Waals surface area contributed by atoms with Crippen LogP contribution < -0.4 is 4.90 Å². The predicted octanol–water partition coefficient (Wildman–Crippen LogP) is 3.09. The van der Waals surface area contributed by atoms with Crippen molar-refractivity contribution in [2.45, 2.75) is 24.7 Å². The summed E-state index contributed by atoms with van der Waals surface area (Å²) in [6.45, 7) is 3.40. The number of hydrogen-bond acceptors (Lipinski definition) is 5. The van der Waals surface area contributed by atoms with E-state index in [1.807, 2.05) is 31.2 Å². The lowest BCUT2D eigenvalue weighted by Crippen LogP contribution is -2.31. The SMILES string of the molecule is CCN(C(=O)c1cc(S(=O)(=O)N2CCCC2)cn1C)c1nc2ccccc2s1. The molecule has 0 radical (unpaired) electrons. The highest BCUT2D eigenvalue weighted by Gasteiger charge is 2.30. The van der Waals surface area contributed by atoms with E-state index in [0.717, 1.165) is 23.1 Å². The molecule has 1 fully saturated rings. The maximum Gasteiger partial charge on any atom is 0.276 e. The quantitative estimate of drug-likeness (QED) is 0.638. The van der Waals surface area contributed by atoms with E-state index in [0.29, 0.717) is 30.5 Å². The van der Waals surface area contributed by atoms with Crippen molar-refractivity contribution in [1.82, 2.24) is 13.9 Å². The Morgan fingerprint density at radius 2 is 1.96 bits per heavy atom. The molecule has 0 saturated carbocycles. The number of sulfonamides is 1. The van der Waals surface area contributed by atoms with Crippen molar-refractivity contribution >= 4 is 42.6 Å². The molecule has 9 heteroatoms. The summed E-state index contributed by atoms with van der Waals surface area (Å²) < 4.78 is 29.7. The van der Waals surface area contributed by atoms with E-state index in [9.17, 15) is 13.2 Å². The van der Waals surface area contributed by atoms with Crippen molar-refractivity contribution in [3.8, 4) is 0 Å². The van der Waals surface area contributed by atoms with E-state index in [4.69, 9.17) is 0 Å². The maximum absolute atomic E-state index is 13.2. The maximum atomic E-state index is 13.2. The summed E-state index contributed by atoms with van der Waals surface area (Å²) in [5.41, 5.74) is 1.18. The number of aryl methyl sites for hydroxylation is 1.